The van der Waals surface area contributed by atoms with E-state index < -0.39 is 0 Å². The molecule has 0 aliphatic rings. The second kappa shape index (κ2) is 7.41. The molecule has 1 heterocycles. The van der Waals surface area contributed by atoms with Crippen LogP contribution in [-0.2, 0) is 0 Å². The molecule has 0 saturated heterocycles. The number of aliphatic hydroxyl groups excluding tert-OH is 1. The number of aliphatic hydroxyl groups is 1. The molecule has 0 aliphatic heterocycles. The molecule has 7 heteroatoms. The van der Waals surface area contributed by atoms with Gasteiger partial charge in [0.25, 0.3) is 0 Å². The Bertz CT molecular complexity index is 349. The lowest BCUT2D eigenvalue weighted by Gasteiger charge is -2.11. The van der Waals surface area contributed by atoms with Crippen LogP contribution in [0.25, 0.3) is 0 Å². The zero-order chi connectivity index (χ0) is 12.7. The summed E-state index contributed by atoms with van der Waals surface area (Å²) in [6, 6.07) is 0. The zero-order valence-corrected chi connectivity index (χ0v) is 11.4. The molecule has 1 aromatic heterocycles. The Morgan fingerprint density at radius 3 is 2.82 bits per heavy atom. The molecule has 0 spiro atoms. The Kier molecular flexibility index (Phi) is 6.17. The van der Waals surface area contributed by atoms with Crippen LogP contribution in [0.4, 0.5) is 11.6 Å². The fourth-order valence-electron chi connectivity index (χ4n) is 1.34. The van der Waals surface area contributed by atoms with Crippen LogP contribution in [0.2, 0.25) is 0 Å². The van der Waals surface area contributed by atoms with Crippen molar-refractivity contribution in [1.82, 2.24) is 9.97 Å². The molecule has 0 amide bonds. The van der Waals surface area contributed by atoms with Crippen molar-refractivity contribution in [2.75, 3.05) is 23.9 Å². The van der Waals surface area contributed by atoms with Crippen LogP contribution in [0, 0.1) is 5.92 Å². The van der Waals surface area contributed by atoms with Gasteiger partial charge in [0.2, 0.25) is 0 Å². The van der Waals surface area contributed by atoms with Crippen LogP contribution in [0.3, 0.4) is 0 Å². The summed E-state index contributed by atoms with van der Waals surface area (Å²) >= 11 is 3.37. The minimum atomic E-state index is 0.235. The van der Waals surface area contributed by atoms with E-state index in [2.05, 4.69) is 36.6 Å². The highest BCUT2D eigenvalue weighted by Gasteiger charge is 2.07. The lowest BCUT2D eigenvalue weighted by atomic mass is 10.1. The Labute approximate surface area is 109 Å². The van der Waals surface area contributed by atoms with Gasteiger partial charge in [-0.3, -0.25) is 0 Å². The van der Waals surface area contributed by atoms with Gasteiger partial charge in [-0.15, -0.1) is 0 Å². The fourth-order valence-corrected chi connectivity index (χ4v) is 1.80. The number of anilines is 2. The quantitative estimate of drug-likeness (QED) is 0.345. The van der Waals surface area contributed by atoms with Crippen molar-refractivity contribution in [3.63, 3.8) is 0 Å². The predicted molar refractivity (Wildman–Crippen MR) is 71.5 cm³/mol. The molecule has 0 aromatic carbocycles. The average Bonchev–Trinajstić information content (AvgIpc) is 2.36. The minimum absolute atomic E-state index is 0.235. The van der Waals surface area contributed by atoms with E-state index in [1.54, 1.807) is 0 Å². The summed E-state index contributed by atoms with van der Waals surface area (Å²) < 4.78 is 0.720. The first-order chi connectivity index (χ1) is 8.19. The van der Waals surface area contributed by atoms with Crippen molar-refractivity contribution in [1.29, 1.82) is 0 Å². The van der Waals surface area contributed by atoms with Crippen molar-refractivity contribution >= 4 is 27.6 Å². The molecule has 0 saturated carbocycles. The Morgan fingerprint density at radius 2 is 2.18 bits per heavy atom. The second-order valence-electron chi connectivity index (χ2n) is 3.89. The van der Waals surface area contributed by atoms with E-state index in [9.17, 15) is 0 Å². The van der Waals surface area contributed by atoms with Gasteiger partial charge in [0.15, 0.2) is 5.82 Å². The summed E-state index contributed by atoms with van der Waals surface area (Å²) in [5.41, 5.74) is 2.48. The summed E-state index contributed by atoms with van der Waals surface area (Å²) in [7, 11) is 0. The number of halogens is 1. The summed E-state index contributed by atoms with van der Waals surface area (Å²) in [5.74, 6) is 6.91. The van der Waals surface area contributed by atoms with Crippen molar-refractivity contribution in [2.24, 2.45) is 11.8 Å². The van der Waals surface area contributed by atoms with Crippen LogP contribution >= 0.6 is 15.9 Å². The SMILES string of the molecule is CC(CO)CCCNc1ncnc(NN)c1Br. The van der Waals surface area contributed by atoms with Crippen molar-refractivity contribution in [3.8, 4) is 0 Å². The highest BCUT2D eigenvalue weighted by molar-refractivity contribution is 9.10. The molecule has 17 heavy (non-hydrogen) atoms. The van der Waals surface area contributed by atoms with Gasteiger partial charge in [0.1, 0.15) is 16.6 Å². The van der Waals surface area contributed by atoms with E-state index in [4.69, 9.17) is 10.9 Å². The lowest BCUT2D eigenvalue weighted by Crippen LogP contribution is -2.12. The monoisotopic (exact) mass is 303 g/mol. The Morgan fingerprint density at radius 1 is 1.47 bits per heavy atom. The number of hydrogen-bond donors (Lipinski definition) is 4. The third kappa shape index (κ3) is 4.45. The second-order valence-corrected chi connectivity index (χ2v) is 4.68. The number of aromatic nitrogens is 2. The van der Waals surface area contributed by atoms with E-state index >= 15 is 0 Å². The maximum atomic E-state index is 8.89. The first kappa shape index (κ1) is 14.1. The molecular weight excluding hydrogens is 286 g/mol. The maximum absolute atomic E-state index is 8.89. The predicted octanol–water partition coefficient (Wildman–Crippen LogP) is 1.35. The van der Waals surface area contributed by atoms with Crippen molar-refractivity contribution in [3.05, 3.63) is 10.8 Å². The van der Waals surface area contributed by atoms with E-state index in [1.165, 1.54) is 6.33 Å². The van der Waals surface area contributed by atoms with Gasteiger partial charge in [0, 0.05) is 13.2 Å². The van der Waals surface area contributed by atoms with Gasteiger partial charge in [0.05, 0.1) is 0 Å². The molecule has 1 aromatic rings. The highest BCUT2D eigenvalue weighted by Crippen LogP contribution is 2.25. The number of nitrogens with zero attached hydrogens (tertiary/aromatic N) is 2. The Hall–Kier alpha value is -0.920. The summed E-state index contributed by atoms with van der Waals surface area (Å²) in [5, 5.41) is 12.1. The highest BCUT2D eigenvalue weighted by atomic mass is 79.9. The smallest absolute Gasteiger partial charge is 0.159 e. The van der Waals surface area contributed by atoms with Crippen LogP contribution < -0.4 is 16.6 Å². The number of nitrogen functional groups attached to an aromatic ring is 1. The maximum Gasteiger partial charge on any atom is 0.159 e. The molecule has 6 nitrogen and oxygen atoms in total. The molecule has 96 valence electrons. The molecule has 0 fully saturated rings. The number of nitrogens with two attached hydrogens (primary N) is 1. The number of hydrazine groups is 1. The fraction of sp³-hybridized carbons (Fsp3) is 0.600. The third-order valence-electron chi connectivity index (χ3n) is 2.40. The first-order valence-corrected chi connectivity index (χ1v) is 6.30. The standard InChI is InChI=1S/C10H18BrN5O/c1-7(5-17)3-2-4-13-9-8(11)10(16-12)15-6-14-9/h6-7,17H,2-5,12H2,1H3,(H2,13,14,15,16). The van der Waals surface area contributed by atoms with Crippen LogP contribution in [0.15, 0.2) is 10.8 Å². The molecule has 1 atom stereocenters. The summed E-state index contributed by atoms with van der Waals surface area (Å²) in [4.78, 5) is 8.07. The minimum Gasteiger partial charge on any atom is -0.396 e. The van der Waals surface area contributed by atoms with Gasteiger partial charge in [-0.05, 0) is 34.7 Å². The number of nitrogens with one attached hydrogen (secondary N) is 2. The average molecular weight is 304 g/mol. The van der Waals surface area contributed by atoms with Gasteiger partial charge < -0.3 is 15.8 Å². The van der Waals surface area contributed by atoms with Gasteiger partial charge in [-0.2, -0.15) is 0 Å². The molecule has 0 radical (unpaired) electrons. The molecule has 0 aliphatic carbocycles. The zero-order valence-electron chi connectivity index (χ0n) is 9.78. The molecule has 1 unspecified atom stereocenters. The first-order valence-electron chi connectivity index (χ1n) is 5.50. The molecule has 1 rings (SSSR count). The Balaban J connectivity index is 2.41. The van der Waals surface area contributed by atoms with Crippen LogP contribution in [0.5, 0.6) is 0 Å². The number of hydrogen-bond acceptors (Lipinski definition) is 6. The molecule has 0 bridgehead atoms. The summed E-state index contributed by atoms with van der Waals surface area (Å²) in [6.45, 7) is 3.06. The van der Waals surface area contributed by atoms with E-state index in [1.807, 2.05) is 6.92 Å². The van der Waals surface area contributed by atoms with Gasteiger partial charge in [-0.25, -0.2) is 15.8 Å². The van der Waals surface area contributed by atoms with Crippen molar-refractivity contribution in [2.45, 2.75) is 19.8 Å². The largest absolute Gasteiger partial charge is 0.396 e. The number of rotatable bonds is 7. The van der Waals surface area contributed by atoms with Gasteiger partial charge in [-0.1, -0.05) is 6.92 Å². The molecular formula is C10H18BrN5O. The topological polar surface area (TPSA) is 96.1 Å². The van der Waals surface area contributed by atoms with E-state index in [-0.39, 0.29) is 6.61 Å². The van der Waals surface area contributed by atoms with E-state index in [0.29, 0.717) is 17.6 Å². The van der Waals surface area contributed by atoms with Crippen molar-refractivity contribution < 1.29 is 5.11 Å². The van der Waals surface area contributed by atoms with Crippen LogP contribution in [-0.4, -0.2) is 28.2 Å². The molecule has 5 N–H and O–H groups in total. The summed E-state index contributed by atoms with van der Waals surface area (Å²) in [6.07, 6.45) is 3.40. The van der Waals surface area contributed by atoms with E-state index in [0.717, 1.165) is 23.9 Å². The normalized spacial score (nSPS) is 12.2. The van der Waals surface area contributed by atoms with Crippen LogP contribution in [0.1, 0.15) is 19.8 Å². The lowest BCUT2D eigenvalue weighted by molar-refractivity contribution is 0.229. The van der Waals surface area contributed by atoms with Gasteiger partial charge >= 0.3 is 0 Å². The third-order valence-corrected chi connectivity index (χ3v) is 3.16.